The van der Waals surface area contributed by atoms with Crippen LogP contribution < -0.4 is 4.90 Å². The van der Waals surface area contributed by atoms with Crippen molar-refractivity contribution in [2.45, 2.75) is 17.3 Å². The zero-order valence-corrected chi connectivity index (χ0v) is 14.4. The lowest BCUT2D eigenvalue weighted by atomic mass is 10.2. The molecule has 0 N–H and O–H groups in total. The molecular formula is C15H19F3N2OS2. The number of rotatable bonds is 5. The topological polar surface area (TPSA) is 23.6 Å². The molecule has 1 heterocycles. The molecule has 0 unspecified atom stereocenters. The average molecular weight is 364 g/mol. The summed E-state index contributed by atoms with van der Waals surface area (Å²) >= 11 is 1.25. The van der Waals surface area contributed by atoms with E-state index in [2.05, 4.69) is 9.80 Å². The number of carbonyl (C=O) groups excluding carboxylic acids is 1. The maximum Gasteiger partial charge on any atom is 0.446 e. The number of benzene rings is 1. The van der Waals surface area contributed by atoms with Crippen LogP contribution in [-0.4, -0.2) is 54.0 Å². The first kappa shape index (κ1) is 18.5. The summed E-state index contributed by atoms with van der Waals surface area (Å²) < 4.78 is 37.4. The molecule has 2 rings (SSSR count). The van der Waals surface area contributed by atoms with E-state index < -0.39 is 5.51 Å². The van der Waals surface area contributed by atoms with Crippen LogP contribution in [0.5, 0.6) is 0 Å². The highest BCUT2D eigenvalue weighted by atomic mass is 32.2. The molecule has 1 aromatic rings. The van der Waals surface area contributed by atoms with Gasteiger partial charge in [0, 0.05) is 56.0 Å². The molecule has 0 saturated carbocycles. The van der Waals surface area contributed by atoms with Gasteiger partial charge in [0.25, 0.3) is 0 Å². The molecule has 1 aromatic carbocycles. The van der Waals surface area contributed by atoms with Crippen molar-refractivity contribution in [1.82, 2.24) is 4.90 Å². The van der Waals surface area contributed by atoms with Crippen molar-refractivity contribution in [2.24, 2.45) is 0 Å². The minimum atomic E-state index is -4.26. The maximum absolute atomic E-state index is 12.5. The second kappa shape index (κ2) is 8.30. The Morgan fingerprint density at radius 1 is 1.22 bits per heavy atom. The second-order valence-corrected chi connectivity index (χ2v) is 7.62. The van der Waals surface area contributed by atoms with E-state index in [0.29, 0.717) is 0 Å². The zero-order chi connectivity index (χ0) is 16.9. The molecular weight excluding hydrogens is 345 g/mol. The van der Waals surface area contributed by atoms with Gasteiger partial charge >= 0.3 is 5.51 Å². The first-order chi connectivity index (χ1) is 10.8. The van der Waals surface area contributed by atoms with Crippen LogP contribution in [0, 0.1) is 0 Å². The fourth-order valence-electron chi connectivity index (χ4n) is 2.43. The van der Waals surface area contributed by atoms with Gasteiger partial charge in [-0.2, -0.15) is 13.2 Å². The summed E-state index contributed by atoms with van der Waals surface area (Å²) in [4.78, 5) is 15.5. The van der Waals surface area contributed by atoms with Crippen molar-refractivity contribution >= 4 is 34.3 Å². The maximum atomic E-state index is 12.5. The molecule has 0 atom stereocenters. The monoisotopic (exact) mass is 364 g/mol. The first-order valence-corrected chi connectivity index (χ1v) is 9.10. The van der Waals surface area contributed by atoms with Crippen molar-refractivity contribution in [3.63, 3.8) is 0 Å². The van der Waals surface area contributed by atoms with Gasteiger partial charge in [0.05, 0.1) is 0 Å². The number of nitrogens with zero attached hydrogens (tertiary/aromatic N) is 2. The van der Waals surface area contributed by atoms with E-state index in [-0.39, 0.29) is 21.8 Å². The lowest BCUT2D eigenvalue weighted by Gasteiger charge is -2.36. The lowest BCUT2D eigenvalue weighted by molar-refractivity contribution is -0.109. The van der Waals surface area contributed by atoms with Gasteiger partial charge in [0.2, 0.25) is 0 Å². The summed E-state index contributed by atoms with van der Waals surface area (Å²) in [6, 6.07) is 6.59. The summed E-state index contributed by atoms with van der Waals surface area (Å²) in [5.41, 5.74) is -3.43. The van der Waals surface area contributed by atoms with Gasteiger partial charge in [-0.1, -0.05) is 17.8 Å². The van der Waals surface area contributed by atoms with Crippen LogP contribution in [0.4, 0.5) is 18.9 Å². The quantitative estimate of drug-likeness (QED) is 0.742. The normalized spacial score (nSPS) is 16.6. The molecule has 0 amide bonds. The van der Waals surface area contributed by atoms with Crippen LogP contribution in [0.1, 0.15) is 6.92 Å². The second-order valence-electron chi connectivity index (χ2n) is 5.21. The molecule has 8 heteroatoms. The van der Waals surface area contributed by atoms with Gasteiger partial charge in [-0.05, 0) is 30.0 Å². The van der Waals surface area contributed by atoms with E-state index in [1.807, 2.05) is 6.07 Å². The molecule has 0 radical (unpaired) electrons. The Morgan fingerprint density at radius 3 is 2.52 bits per heavy atom. The van der Waals surface area contributed by atoms with Gasteiger partial charge in [-0.15, -0.1) is 0 Å². The summed E-state index contributed by atoms with van der Waals surface area (Å²) in [7, 11) is 0. The Labute approximate surface area is 142 Å². The highest BCUT2D eigenvalue weighted by molar-refractivity contribution is 8.13. The van der Waals surface area contributed by atoms with Gasteiger partial charge in [0.1, 0.15) is 0 Å². The zero-order valence-electron chi connectivity index (χ0n) is 12.8. The predicted molar refractivity (Wildman–Crippen MR) is 90.1 cm³/mol. The van der Waals surface area contributed by atoms with Crippen molar-refractivity contribution in [1.29, 1.82) is 0 Å². The van der Waals surface area contributed by atoms with Gasteiger partial charge in [-0.3, -0.25) is 9.69 Å². The number of anilines is 1. The van der Waals surface area contributed by atoms with Gasteiger partial charge < -0.3 is 4.90 Å². The Hall–Kier alpha value is -0.860. The number of hydrogen-bond acceptors (Lipinski definition) is 5. The lowest BCUT2D eigenvalue weighted by Crippen LogP contribution is -2.47. The Kier molecular flexibility index (Phi) is 6.67. The van der Waals surface area contributed by atoms with Crippen LogP contribution in [0.25, 0.3) is 0 Å². The van der Waals surface area contributed by atoms with Crippen LogP contribution in [-0.2, 0) is 4.79 Å². The number of thioether (sulfide) groups is 2. The number of hydrogen-bond donors (Lipinski definition) is 0. The fourth-order valence-corrected chi connectivity index (χ4v) is 3.66. The molecule has 0 spiro atoms. The molecule has 1 fully saturated rings. The molecule has 3 nitrogen and oxygen atoms in total. The third kappa shape index (κ3) is 6.64. The largest absolute Gasteiger partial charge is 0.446 e. The van der Waals surface area contributed by atoms with E-state index >= 15 is 0 Å². The molecule has 0 aromatic heterocycles. The number of alkyl halides is 3. The molecule has 1 saturated heterocycles. The number of carbonyl (C=O) groups is 1. The summed E-state index contributed by atoms with van der Waals surface area (Å²) in [6.07, 6.45) is 0. The highest BCUT2D eigenvalue weighted by Crippen LogP contribution is 2.38. The average Bonchev–Trinajstić information content (AvgIpc) is 2.46. The SMILES string of the molecule is CC(=O)SCCN1CCN(c2cccc(SC(F)(F)F)c2)CC1. The van der Waals surface area contributed by atoms with Crippen LogP contribution >= 0.6 is 23.5 Å². The smallest absolute Gasteiger partial charge is 0.369 e. The molecule has 1 aliphatic heterocycles. The van der Waals surface area contributed by atoms with E-state index in [1.165, 1.54) is 17.8 Å². The highest BCUT2D eigenvalue weighted by Gasteiger charge is 2.29. The van der Waals surface area contributed by atoms with Gasteiger partial charge in [0.15, 0.2) is 5.12 Å². The van der Waals surface area contributed by atoms with Crippen molar-refractivity contribution < 1.29 is 18.0 Å². The minimum absolute atomic E-state index is 0.0785. The van der Waals surface area contributed by atoms with Crippen molar-refractivity contribution in [3.05, 3.63) is 24.3 Å². The van der Waals surface area contributed by atoms with Crippen LogP contribution in [0.15, 0.2) is 29.2 Å². The Morgan fingerprint density at radius 2 is 1.91 bits per heavy atom. The molecule has 23 heavy (non-hydrogen) atoms. The van der Waals surface area contributed by atoms with E-state index in [4.69, 9.17) is 0 Å². The molecule has 0 bridgehead atoms. The number of halogens is 3. The molecule has 0 aliphatic carbocycles. The Bertz CT molecular complexity index is 532. The summed E-state index contributed by atoms with van der Waals surface area (Å²) in [6.45, 7) is 5.70. The van der Waals surface area contributed by atoms with Gasteiger partial charge in [-0.25, -0.2) is 0 Å². The molecule has 128 valence electrons. The Balaban J connectivity index is 1.85. The first-order valence-electron chi connectivity index (χ1n) is 7.30. The van der Waals surface area contributed by atoms with E-state index in [9.17, 15) is 18.0 Å². The third-order valence-corrected chi connectivity index (χ3v) is 5.02. The van der Waals surface area contributed by atoms with E-state index in [1.54, 1.807) is 19.1 Å². The molecule has 1 aliphatic rings. The summed E-state index contributed by atoms with van der Waals surface area (Å²) in [5.74, 6) is 0.785. The standard InChI is InChI=1S/C15H19F3N2OS2/c1-12(21)22-10-9-19-5-7-20(8-6-19)13-3-2-4-14(11-13)23-15(16,17)18/h2-4,11H,5-10H2,1H3. The summed E-state index contributed by atoms with van der Waals surface area (Å²) in [5, 5.41) is 0.127. The van der Waals surface area contributed by atoms with Crippen LogP contribution in [0.3, 0.4) is 0 Å². The fraction of sp³-hybridized carbons (Fsp3) is 0.533. The van der Waals surface area contributed by atoms with Crippen LogP contribution in [0.2, 0.25) is 0 Å². The van der Waals surface area contributed by atoms with Crippen molar-refractivity contribution in [3.8, 4) is 0 Å². The number of piperazine rings is 1. The third-order valence-electron chi connectivity index (χ3n) is 3.50. The van der Waals surface area contributed by atoms with E-state index in [0.717, 1.165) is 44.2 Å². The predicted octanol–water partition coefficient (Wildman–Crippen LogP) is 3.70. The van der Waals surface area contributed by atoms with Crippen molar-refractivity contribution in [2.75, 3.05) is 43.4 Å². The minimum Gasteiger partial charge on any atom is -0.369 e.